The van der Waals surface area contributed by atoms with Crippen molar-refractivity contribution < 1.29 is 0 Å². The van der Waals surface area contributed by atoms with Gasteiger partial charge in [-0.25, -0.2) is 9.97 Å². The van der Waals surface area contributed by atoms with Gasteiger partial charge in [0.15, 0.2) is 5.65 Å². The zero-order valence-electron chi connectivity index (χ0n) is 18.8. The van der Waals surface area contributed by atoms with Crippen LogP contribution in [0.15, 0.2) is 18.5 Å². The van der Waals surface area contributed by atoms with Gasteiger partial charge in [-0.05, 0) is 49.7 Å². The molecule has 0 saturated carbocycles. The highest BCUT2D eigenvalue weighted by atomic mass is 15.0. The van der Waals surface area contributed by atoms with E-state index in [2.05, 4.69) is 63.5 Å². The van der Waals surface area contributed by atoms with Crippen molar-refractivity contribution in [3.63, 3.8) is 0 Å². The number of pyridine rings is 1. The van der Waals surface area contributed by atoms with Crippen LogP contribution in [0.2, 0.25) is 0 Å². The molecule has 0 aliphatic heterocycles. The summed E-state index contributed by atoms with van der Waals surface area (Å²) in [7, 11) is 2.07. The number of nitrogens with zero attached hydrogens (tertiary/aromatic N) is 4. The number of aryl methyl sites for hydroxylation is 3. The molecule has 0 radical (unpaired) electrons. The van der Waals surface area contributed by atoms with Gasteiger partial charge in [-0.15, -0.1) is 0 Å². The first-order chi connectivity index (χ1) is 14.0. The van der Waals surface area contributed by atoms with Crippen LogP contribution in [0, 0.1) is 0 Å². The minimum atomic E-state index is -0.0241. The summed E-state index contributed by atoms with van der Waals surface area (Å²) in [5.74, 6) is 0.520. The Labute approximate surface area is 174 Å². The Kier molecular flexibility index (Phi) is 6.68. The van der Waals surface area contributed by atoms with E-state index in [1.165, 1.54) is 11.1 Å². The predicted octanol–water partition coefficient (Wildman–Crippen LogP) is 5.47. The molecule has 0 aliphatic rings. The van der Waals surface area contributed by atoms with E-state index >= 15 is 0 Å². The molecule has 0 aromatic carbocycles. The lowest BCUT2D eigenvalue weighted by Gasteiger charge is -2.15. The summed E-state index contributed by atoms with van der Waals surface area (Å²) in [5, 5.41) is 0. The first-order valence-electron chi connectivity index (χ1n) is 11.1. The maximum absolute atomic E-state index is 6.22. The minimum absolute atomic E-state index is 0.0241. The Morgan fingerprint density at radius 2 is 1.72 bits per heavy atom. The van der Waals surface area contributed by atoms with Gasteiger partial charge in [-0.1, -0.05) is 34.6 Å². The van der Waals surface area contributed by atoms with Crippen LogP contribution in [0.4, 0.5) is 0 Å². The van der Waals surface area contributed by atoms with Crippen LogP contribution < -0.4 is 5.73 Å². The van der Waals surface area contributed by atoms with Gasteiger partial charge < -0.3 is 10.3 Å². The lowest BCUT2D eigenvalue weighted by molar-refractivity contribution is 0.643. The second-order valence-electron chi connectivity index (χ2n) is 7.89. The third kappa shape index (κ3) is 3.93. The monoisotopic (exact) mass is 393 g/mol. The predicted molar refractivity (Wildman–Crippen MR) is 121 cm³/mol. The molecule has 1 unspecified atom stereocenters. The van der Waals surface area contributed by atoms with Crippen LogP contribution in [-0.2, 0) is 19.9 Å². The summed E-state index contributed by atoms with van der Waals surface area (Å²) in [6.07, 6.45) is 9.03. The zero-order chi connectivity index (χ0) is 21.1. The highest BCUT2D eigenvalue weighted by Gasteiger charge is 2.21. The third-order valence-corrected chi connectivity index (χ3v) is 6.12. The molecule has 5 nitrogen and oxygen atoms in total. The quantitative estimate of drug-likeness (QED) is 0.551. The SMILES string of the molecule is CCc1cc(C(N)CC)ncc1-c1nc2c(nc1CC)c(C(CC)CC)cn2C. The molecular weight excluding hydrogens is 358 g/mol. The molecule has 3 aromatic rings. The Bertz CT molecular complexity index is 985. The summed E-state index contributed by atoms with van der Waals surface area (Å²) in [4.78, 5) is 14.9. The van der Waals surface area contributed by atoms with Crippen molar-refractivity contribution in [3.8, 4) is 11.3 Å². The number of aromatic nitrogens is 4. The van der Waals surface area contributed by atoms with E-state index in [1.54, 1.807) is 0 Å². The Morgan fingerprint density at radius 3 is 2.31 bits per heavy atom. The van der Waals surface area contributed by atoms with Crippen LogP contribution in [-0.4, -0.2) is 19.5 Å². The molecule has 29 heavy (non-hydrogen) atoms. The molecule has 0 fully saturated rings. The van der Waals surface area contributed by atoms with E-state index < -0.39 is 0 Å². The largest absolute Gasteiger partial charge is 0.334 e. The normalized spacial score (nSPS) is 12.8. The molecule has 2 N–H and O–H groups in total. The summed E-state index contributed by atoms with van der Waals surface area (Å²) in [6, 6.07) is 2.12. The van der Waals surface area contributed by atoms with Gasteiger partial charge in [0.25, 0.3) is 0 Å². The van der Waals surface area contributed by atoms with Gasteiger partial charge in [-0.3, -0.25) is 4.98 Å². The Morgan fingerprint density at radius 1 is 1.00 bits per heavy atom. The van der Waals surface area contributed by atoms with Gasteiger partial charge in [0.1, 0.15) is 5.52 Å². The molecule has 3 heterocycles. The fourth-order valence-corrected chi connectivity index (χ4v) is 4.15. The second kappa shape index (κ2) is 9.04. The van der Waals surface area contributed by atoms with Gasteiger partial charge in [0.05, 0.1) is 17.1 Å². The van der Waals surface area contributed by atoms with E-state index in [-0.39, 0.29) is 6.04 Å². The van der Waals surface area contributed by atoms with Crippen molar-refractivity contribution >= 4 is 11.2 Å². The topological polar surface area (TPSA) is 69.6 Å². The van der Waals surface area contributed by atoms with Gasteiger partial charge in [-0.2, -0.15) is 0 Å². The van der Waals surface area contributed by atoms with E-state index in [1.807, 2.05) is 6.20 Å². The van der Waals surface area contributed by atoms with Crippen molar-refractivity contribution in [2.45, 2.75) is 78.7 Å². The Balaban J connectivity index is 2.21. The lowest BCUT2D eigenvalue weighted by Crippen LogP contribution is -2.12. The van der Waals surface area contributed by atoms with Crippen molar-refractivity contribution in [2.24, 2.45) is 12.8 Å². The van der Waals surface area contributed by atoms with Crippen molar-refractivity contribution in [3.05, 3.63) is 41.0 Å². The van der Waals surface area contributed by atoms with Crippen LogP contribution in [0.3, 0.4) is 0 Å². The lowest BCUT2D eigenvalue weighted by atomic mass is 9.95. The van der Waals surface area contributed by atoms with Crippen LogP contribution in [0.1, 0.15) is 88.4 Å². The zero-order valence-corrected chi connectivity index (χ0v) is 18.8. The van der Waals surface area contributed by atoms with Crippen molar-refractivity contribution in [2.75, 3.05) is 0 Å². The fourth-order valence-electron chi connectivity index (χ4n) is 4.15. The second-order valence-corrected chi connectivity index (χ2v) is 7.89. The average Bonchev–Trinajstić information content (AvgIpc) is 3.08. The number of fused-ring (bicyclic) bond motifs is 1. The molecule has 0 spiro atoms. The summed E-state index contributed by atoms with van der Waals surface area (Å²) in [6.45, 7) is 10.9. The molecule has 156 valence electrons. The van der Waals surface area contributed by atoms with Crippen LogP contribution in [0.5, 0.6) is 0 Å². The molecule has 3 rings (SSSR count). The number of hydrogen-bond donors (Lipinski definition) is 1. The fraction of sp³-hybridized carbons (Fsp3) is 0.542. The van der Waals surface area contributed by atoms with E-state index in [0.717, 1.165) is 65.9 Å². The smallest absolute Gasteiger partial charge is 0.159 e. The molecule has 3 aromatic heterocycles. The average molecular weight is 394 g/mol. The first kappa shape index (κ1) is 21.4. The maximum Gasteiger partial charge on any atom is 0.159 e. The third-order valence-electron chi connectivity index (χ3n) is 6.12. The number of nitrogens with two attached hydrogens (primary N) is 1. The van der Waals surface area contributed by atoms with Gasteiger partial charge in [0.2, 0.25) is 0 Å². The summed E-state index contributed by atoms with van der Waals surface area (Å²) < 4.78 is 2.12. The Hall–Kier alpha value is -2.27. The number of rotatable bonds is 8. The highest BCUT2D eigenvalue weighted by molar-refractivity contribution is 5.81. The molecule has 5 heteroatoms. The highest BCUT2D eigenvalue weighted by Crippen LogP contribution is 2.33. The van der Waals surface area contributed by atoms with Gasteiger partial charge in [0, 0.05) is 36.6 Å². The standard InChI is InChI=1S/C24H35N5/c1-7-15(8-2)18-14-29(6)24-23(18)27-20(11-5)22(28-24)17-13-26-21(19(25)10-4)12-16(17)9-3/h12-15,19H,7-11,25H2,1-6H3. The molecule has 0 amide bonds. The molecule has 0 aliphatic carbocycles. The summed E-state index contributed by atoms with van der Waals surface area (Å²) in [5.41, 5.74) is 14.8. The van der Waals surface area contributed by atoms with Crippen molar-refractivity contribution in [1.82, 2.24) is 19.5 Å². The minimum Gasteiger partial charge on any atom is -0.334 e. The van der Waals surface area contributed by atoms with Crippen molar-refractivity contribution in [1.29, 1.82) is 0 Å². The van der Waals surface area contributed by atoms with E-state index in [0.29, 0.717) is 5.92 Å². The molecule has 1 atom stereocenters. The van der Waals surface area contributed by atoms with Crippen LogP contribution >= 0.6 is 0 Å². The van der Waals surface area contributed by atoms with E-state index in [4.69, 9.17) is 15.7 Å². The molecule has 0 bridgehead atoms. The van der Waals surface area contributed by atoms with Crippen LogP contribution in [0.25, 0.3) is 22.4 Å². The first-order valence-corrected chi connectivity index (χ1v) is 11.1. The molecular formula is C24H35N5. The number of hydrogen-bond acceptors (Lipinski definition) is 4. The molecule has 0 saturated heterocycles. The summed E-state index contributed by atoms with van der Waals surface area (Å²) >= 11 is 0. The maximum atomic E-state index is 6.22. The van der Waals surface area contributed by atoms with Gasteiger partial charge >= 0.3 is 0 Å². The van der Waals surface area contributed by atoms with E-state index in [9.17, 15) is 0 Å².